The average molecular weight is 322 g/mol. The van der Waals surface area contributed by atoms with Gasteiger partial charge in [-0.1, -0.05) is 28.1 Å². The molecule has 2 rings (SSSR count). The van der Waals surface area contributed by atoms with Crippen molar-refractivity contribution in [2.24, 2.45) is 0 Å². The number of halogens is 1. The maximum absolute atomic E-state index is 12.0. The highest BCUT2D eigenvalue weighted by molar-refractivity contribution is 9.09. The van der Waals surface area contributed by atoms with E-state index in [0.29, 0.717) is 5.76 Å². The Labute approximate surface area is 121 Å². The minimum absolute atomic E-state index is 0.208. The minimum Gasteiger partial charge on any atom is -0.459 e. The molecule has 1 aromatic heterocycles. The second kappa shape index (κ2) is 6.57. The number of amides is 1. The molecule has 2 aromatic rings. The molecule has 4 heteroatoms. The summed E-state index contributed by atoms with van der Waals surface area (Å²) in [5.74, 6) is 0.158. The van der Waals surface area contributed by atoms with E-state index in [4.69, 9.17) is 4.42 Å². The van der Waals surface area contributed by atoms with E-state index < -0.39 is 0 Å². The van der Waals surface area contributed by atoms with E-state index in [0.717, 1.165) is 29.4 Å². The zero-order valence-corrected chi connectivity index (χ0v) is 12.4. The number of hydrogen-bond acceptors (Lipinski definition) is 2. The summed E-state index contributed by atoms with van der Waals surface area (Å²) in [6, 6.07) is 9.68. The molecule has 1 N–H and O–H groups in total. The van der Waals surface area contributed by atoms with Crippen molar-refractivity contribution >= 4 is 27.5 Å². The molecule has 0 aliphatic heterocycles. The van der Waals surface area contributed by atoms with Gasteiger partial charge in [-0.2, -0.15) is 0 Å². The first-order valence-corrected chi connectivity index (χ1v) is 7.33. The second-order valence-electron chi connectivity index (χ2n) is 4.38. The van der Waals surface area contributed by atoms with Crippen LogP contribution in [-0.4, -0.2) is 11.2 Å². The summed E-state index contributed by atoms with van der Waals surface area (Å²) in [5, 5.41) is 3.84. The van der Waals surface area contributed by atoms with Crippen molar-refractivity contribution in [3.63, 3.8) is 0 Å². The minimum atomic E-state index is -0.208. The molecule has 0 atom stereocenters. The van der Waals surface area contributed by atoms with Crippen molar-refractivity contribution < 1.29 is 9.21 Å². The fourth-order valence-corrected chi connectivity index (χ4v) is 2.15. The molecule has 0 spiro atoms. The summed E-state index contributed by atoms with van der Waals surface area (Å²) in [5.41, 5.74) is 2.86. The summed E-state index contributed by atoms with van der Waals surface area (Å²) in [6.07, 6.45) is 3.60. The number of furan rings is 1. The molecule has 100 valence electrons. The van der Waals surface area contributed by atoms with Crippen LogP contribution < -0.4 is 5.32 Å². The van der Waals surface area contributed by atoms with Gasteiger partial charge >= 0.3 is 0 Å². The van der Waals surface area contributed by atoms with Crippen molar-refractivity contribution in [1.29, 1.82) is 0 Å². The van der Waals surface area contributed by atoms with Gasteiger partial charge in [-0.15, -0.1) is 0 Å². The van der Waals surface area contributed by atoms with Crippen molar-refractivity contribution in [2.75, 3.05) is 10.6 Å². The van der Waals surface area contributed by atoms with Crippen LogP contribution in [0, 0.1) is 6.92 Å². The normalized spacial score (nSPS) is 10.4. The van der Waals surface area contributed by atoms with Crippen LogP contribution in [-0.2, 0) is 6.42 Å². The number of alkyl halides is 1. The number of carbonyl (C=O) groups excluding carboxylic acids is 1. The average Bonchev–Trinajstić information content (AvgIpc) is 2.83. The fourth-order valence-electron chi connectivity index (χ4n) is 1.87. The lowest BCUT2D eigenvalue weighted by atomic mass is 10.1. The van der Waals surface area contributed by atoms with Gasteiger partial charge in [0.05, 0.1) is 6.26 Å². The predicted octanol–water partition coefficient (Wildman–Crippen LogP) is 4.17. The highest BCUT2D eigenvalue weighted by Crippen LogP contribution is 2.16. The first kappa shape index (κ1) is 13.9. The third kappa shape index (κ3) is 3.70. The molecule has 0 saturated heterocycles. The molecule has 19 heavy (non-hydrogen) atoms. The summed E-state index contributed by atoms with van der Waals surface area (Å²) in [6.45, 7) is 1.85. The van der Waals surface area contributed by atoms with Crippen LogP contribution in [0.4, 0.5) is 5.69 Å². The number of benzene rings is 1. The fraction of sp³-hybridized carbons (Fsp3) is 0.267. The Morgan fingerprint density at radius 3 is 2.89 bits per heavy atom. The van der Waals surface area contributed by atoms with Crippen LogP contribution in [0.15, 0.2) is 41.0 Å². The van der Waals surface area contributed by atoms with Crippen LogP contribution in [0.1, 0.15) is 28.1 Å². The van der Waals surface area contributed by atoms with Gasteiger partial charge < -0.3 is 9.73 Å². The monoisotopic (exact) mass is 321 g/mol. The predicted molar refractivity (Wildman–Crippen MR) is 80.0 cm³/mol. The van der Waals surface area contributed by atoms with Crippen molar-refractivity contribution in [3.8, 4) is 0 Å². The van der Waals surface area contributed by atoms with Gasteiger partial charge in [-0.3, -0.25) is 4.79 Å². The number of rotatable bonds is 5. The van der Waals surface area contributed by atoms with Gasteiger partial charge in [0.25, 0.3) is 5.91 Å². The van der Waals surface area contributed by atoms with E-state index in [-0.39, 0.29) is 5.91 Å². The smallest absolute Gasteiger partial charge is 0.291 e. The Morgan fingerprint density at radius 1 is 1.37 bits per heavy atom. The van der Waals surface area contributed by atoms with Gasteiger partial charge in [0, 0.05) is 16.6 Å². The second-order valence-corrected chi connectivity index (χ2v) is 5.17. The Morgan fingerprint density at radius 2 is 2.21 bits per heavy atom. The maximum atomic E-state index is 12.0. The third-order valence-electron chi connectivity index (χ3n) is 2.85. The van der Waals surface area contributed by atoms with E-state index in [9.17, 15) is 4.79 Å². The summed E-state index contributed by atoms with van der Waals surface area (Å²) >= 11 is 3.42. The van der Waals surface area contributed by atoms with Gasteiger partial charge in [-0.25, -0.2) is 0 Å². The lowest BCUT2D eigenvalue weighted by molar-refractivity contribution is 0.0996. The summed E-state index contributed by atoms with van der Waals surface area (Å²) < 4.78 is 5.18. The molecule has 1 aromatic carbocycles. The molecule has 1 heterocycles. The topological polar surface area (TPSA) is 42.2 Å². The number of anilines is 1. The lowest BCUT2D eigenvalue weighted by Crippen LogP contribution is -2.12. The molecule has 0 saturated carbocycles. The number of nitrogens with one attached hydrogen (secondary N) is 1. The van der Waals surface area contributed by atoms with E-state index in [1.807, 2.05) is 25.1 Å². The Bertz CT molecular complexity index is 563. The highest BCUT2D eigenvalue weighted by atomic mass is 79.9. The maximum Gasteiger partial charge on any atom is 0.291 e. The first-order valence-electron chi connectivity index (χ1n) is 6.21. The Hall–Kier alpha value is -1.55. The molecular formula is C15H16BrNO2. The van der Waals surface area contributed by atoms with Crippen LogP contribution in [0.3, 0.4) is 0 Å². The molecule has 0 fully saturated rings. The number of hydrogen-bond donors (Lipinski definition) is 1. The van der Waals surface area contributed by atoms with Crippen LogP contribution in [0.5, 0.6) is 0 Å². The van der Waals surface area contributed by atoms with Crippen LogP contribution in [0.2, 0.25) is 0 Å². The van der Waals surface area contributed by atoms with Gasteiger partial charge in [0.15, 0.2) is 5.76 Å². The quantitative estimate of drug-likeness (QED) is 0.840. The zero-order valence-electron chi connectivity index (χ0n) is 10.8. The standard InChI is InChI=1S/C15H16BrNO2/c1-11-7-9-19-14(11)15(18)17-13-6-2-4-12(10-13)5-3-8-16/h2,4,6-7,9-10H,3,5,8H2,1H3,(H,17,18). The lowest BCUT2D eigenvalue weighted by Gasteiger charge is -2.06. The first-order chi connectivity index (χ1) is 9.20. The molecule has 0 unspecified atom stereocenters. The molecule has 0 aliphatic carbocycles. The zero-order chi connectivity index (χ0) is 13.7. The number of carbonyl (C=O) groups is 1. The third-order valence-corrected chi connectivity index (χ3v) is 3.41. The Kier molecular flexibility index (Phi) is 4.80. The van der Waals surface area contributed by atoms with Gasteiger partial charge in [-0.05, 0) is 43.5 Å². The summed E-state index contributed by atoms with van der Waals surface area (Å²) in [4.78, 5) is 12.0. The van der Waals surface area contributed by atoms with Crippen LogP contribution in [0.25, 0.3) is 0 Å². The SMILES string of the molecule is Cc1ccoc1C(=O)Nc1cccc(CCCBr)c1. The van der Waals surface area contributed by atoms with Crippen LogP contribution >= 0.6 is 15.9 Å². The Balaban J connectivity index is 2.07. The van der Waals surface area contributed by atoms with Crippen molar-refractivity contribution in [3.05, 3.63) is 53.5 Å². The molecule has 3 nitrogen and oxygen atoms in total. The molecule has 0 aliphatic rings. The van der Waals surface area contributed by atoms with Crippen molar-refractivity contribution in [1.82, 2.24) is 0 Å². The molecule has 1 amide bonds. The molecule has 0 bridgehead atoms. The summed E-state index contributed by atoms with van der Waals surface area (Å²) in [7, 11) is 0. The largest absolute Gasteiger partial charge is 0.459 e. The van der Waals surface area contributed by atoms with E-state index >= 15 is 0 Å². The van der Waals surface area contributed by atoms with E-state index in [1.54, 1.807) is 6.07 Å². The highest BCUT2D eigenvalue weighted by Gasteiger charge is 2.12. The van der Waals surface area contributed by atoms with Crippen molar-refractivity contribution in [2.45, 2.75) is 19.8 Å². The molecule has 0 radical (unpaired) electrons. The molecular weight excluding hydrogens is 306 g/mol. The van der Waals surface area contributed by atoms with Gasteiger partial charge in [0.1, 0.15) is 0 Å². The number of aryl methyl sites for hydroxylation is 2. The van der Waals surface area contributed by atoms with E-state index in [1.165, 1.54) is 11.8 Å². The van der Waals surface area contributed by atoms with Gasteiger partial charge in [0.2, 0.25) is 0 Å². The van der Waals surface area contributed by atoms with E-state index in [2.05, 4.69) is 27.3 Å².